The SMILES string of the molecule is CC(C)(C)OC(=O)N[C@H]1CCN(C(=O)[C@H](Cc2ccc(F)cc2)NC(=O)c2cc3cc(Cl)ncc3[nH]2)C1. The Morgan fingerprint density at radius 3 is 2.68 bits per heavy atom. The van der Waals surface area contributed by atoms with E-state index < -0.39 is 29.5 Å². The van der Waals surface area contributed by atoms with E-state index >= 15 is 0 Å². The summed E-state index contributed by atoms with van der Waals surface area (Å²) in [5.74, 6) is -1.17. The Bertz CT molecular complexity index is 1300. The highest BCUT2D eigenvalue weighted by Crippen LogP contribution is 2.19. The molecule has 0 bridgehead atoms. The number of amides is 3. The van der Waals surface area contributed by atoms with Crippen LogP contribution >= 0.6 is 11.6 Å². The minimum Gasteiger partial charge on any atom is -0.444 e. The van der Waals surface area contributed by atoms with Gasteiger partial charge in [0.1, 0.15) is 28.3 Å². The van der Waals surface area contributed by atoms with E-state index in [0.717, 1.165) is 0 Å². The molecule has 0 radical (unpaired) electrons. The van der Waals surface area contributed by atoms with Crippen LogP contribution in [0.3, 0.4) is 0 Å². The molecule has 1 aliphatic heterocycles. The Hall–Kier alpha value is -3.66. The Labute approximate surface area is 218 Å². The van der Waals surface area contributed by atoms with Gasteiger partial charge in [-0.05, 0) is 57.0 Å². The molecule has 3 aromatic rings. The minimum absolute atomic E-state index is 0.166. The number of fused-ring (bicyclic) bond motifs is 1. The molecule has 4 rings (SSSR count). The number of nitrogens with zero attached hydrogens (tertiary/aromatic N) is 2. The number of likely N-dealkylation sites (tertiary alicyclic amines) is 1. The first-order valence-electron chi connectivity index (χ1n) is 11.9. The van der Waals surface area contributed by atoms with Crippen LogP contribution in [0.2, 0.25) is 5.15 Å². The fourth-order valence-corrected chi connectivity index (χ4v) is 4.36. The predicted molar refractivity (Wildman–Crippen MR) is 137 cm³/mol. The highest BCUT2D eigenvalue weighted by atomic mass is 35.5. The molecule has 1 fully saturated rings. The van der Waals surface area contributed by atoms with E-state index in [-0.39, 0.29) is 30.6 Å². The summed E-state index contributed by atoms with van der Waals surface area (Å²) < 4.78 is 18.7. The third kappa shape index (κ3) is 6.97. The number of hydrogen-bond donors (Lipinski definition) is 3. The number of H-pyrrole nitrogens is 1. The molecule has 37 heavy (non-hydrogen) atoms. The summed E-state index contributed by atoms with van der Waals surface area (Å²) in [6.45, 7) is 6.02. The maximum atomic E-state index is 13.5. The van der Waals surface area contributed by atoms with Crippen LogP contribution in [0.25, 0.3) is 10.9 Å². The lowest BCUT2D eigenvalue weighted by Gasteiger charge is -2.25. The van der Waals surface area contributed by atoms with E-state index in [1.165, 1.54) is 18.3 Å². The summed E-state index contributed by atoms with van der Waals surface area (Å²) in [6.07, 6.45) is 1.70. The lowest BCUT2D eigenvalue weighted by atomic mass is 10.0. The zero-order valence-electron chi connectivity index (χ0n) is 20.8. The van der Waals surface area contributed by atoms with Crippen LogP contribution in [0.4, 0.5) is 9.18 Å². The number of carbonyl (C=O) groups is 3. The molecule has 2 aromatic heterocycles. The number of carbonyl (C=O) groups excluding carboxylic acids is 3. The van der Waals surface area contributed by atoms with Crippen LogP contribution in [0.15, 0.2) is 42.6 Å². The molecule has 0 aliphatic carbocycles. The molecule has 9 nitrogen and oxygen atoms in total. The number of alkyl carbamates (subject to hydrolysis) is 1. The van der Waals surface area contributed by atoms with E-state index in [4.69, 9.17) is 16.3 Å². The number of rotatable bonds is 6. The monoisotopic (exact) mass is 529 g/mol. The summed E-state index contributed by atoms with van der Waals surface area (Å²) in [7, 11) is 0. The smallest absolute Gasteiger partial charge is 0.407 e. The van der Waals surface area contributed by atoms with Crippen molar-refractivity contribution in [3.05, 3.63) is 64.8 Å². The summed E-state index contributed by atoms with van der Waals surface area (Å²) >= 11 is 5.95. The maximum Gasteiger partial charge on any atom is 0.407 e. The average Bonchev–Trinajstić information content (AvgIpc) is 3.45. The van der Waals surface area contributed by atoms with Crippen LogP contribution in [-0.4, -0.2) is 63.5 Å². The highest BCUT2D eigenvalue weighted by Gasteiger charge is 2.33. The fraction of sp³-hybridized carbons (Fsp3) is 0.385. The lowest BCUT2D eigenvalue weighted by Crippen LogP contribution is -2.50. The van der Waals surface area contributed by atoms with Crippen LogP contribution in [-0.2, 0) is 16.0 Å². The molecule has 1 aliphatic rings. The first-order chi connectivity index (χ1) is 17.5. The normalized spacial score (nSPS) is 16.5. The molecule has 196 valence electrons. The number of nitrogens with one attached hydrogen (secondary N) is 3. The molecular formula is C26H29ClFN5O4. The van der Waals surface area contributed by atoms with Gasteiger partial charge in [0.15, 0.2) is 0 Å². The number of benzene rings is 1. The van der Waals surface area contributed by atoms with Crippen molar-refractivity contribution < 1.29 is 23.5 Å². The van der Waals surface area contributed by atoms with E-state index in [9.17, 15) is 18.8 Å². The number of hydrogen-bond acceptors (Lipinski definition) is 5. The third-order valence-corrected chi connectivity index (χ3v) is 6.10. The molecule has 0 spiro atoms. The van der Waals surface area contributed by atoms with Gasteiger partial charge in [0.25, 0.3) is 5.91 Å². The van der Waals surface area contributed by atoms with Crippen molar-refractivity contribution in [2.24, 2.45) is 0 Å². The first kappa shape index (κ1) is 26.4. The predicted octanol–water partition coefficient (Wildman–Crippen LogP) is 3.82. The molecule has 3 heterocycles. The largest absolute Gasteiger partial charge is 0.444 e. The Kier molecular flexibility index (Phi) is 7.68. The molecule has 2 atom stereocenters. The van der Waals surface area contributed by atoms with Crippen molar-refractivity contribution in [2.75, 3.05) is 13.1 Å². The Morgan fingerprint density at radius 1 is 1.24 bits per heavy atom. The molecule has 11 heteroatoms. The first-order valence-corrected chi connectivity index (χ1v) is 12.3. The van der Waals surface area contributed by atoms with Crippen molar-refractivity contribution in [2.45, 2.75) is 51.3 Å². The van der Waals surface area contributed by atoms with Crippen molar-refractivity contribution in [3.8, 4) is 0 Å². The van der Waals surface area contributed by atoms with Crippen molar-refractivity contribution in [3.63, 3.8) is 0 Å². The summed E-state index contributed by atoms with van der Waals surface area (Å²) in [5.41, 5.74) is 0.941. The lowest BCUT2D eigenvalue weighted by molar-refractivity contribution is -0.132. The minimum atomic E-state index is -0.911. The van der Waals surface area contributed by atoms with E-state index in [2.05, 4.69) is 20.6 Å². The molecule has 3 amide bonds. The van der Waals surface area contributed by atoms with E-state index in [1.807, 2.05) is 0 Å². The summed E-state index contributed by atoms with van der Waals surface area (Å²) in [4.78, 5) is 47.4. The maximum absolute atomic E-state index is 13.5. The van der Waals surface area contributed by atoms with Gasteiger partial charge in [0.2, 0.25) is 5.91 Å². The van der Waals surface area contributed by atoms with E-state index in [1.54, 1.807) is 49.9 Å². The van der Waals surface area contributed by atoms with Gasteiger partial charge >= 0.3 is 6.09 Å². The standard InChI is InChI=1S/C26H29ClFN5O4/c1-26(2,3)37-25(36)30-18-8-9-33(14-18)24(35)20(10-15-4-6-17(28)7-5-15)32-23(34)19-11-16-12-22(27)29-13-21(16)31-19/h4-7,11-13,18,20,31H,8-10,14H2,1-3H3,(H,30,36)(H,32,34)/t18-,20-/m0/s1. The number of halogens is 2. The number of aromatic amines is 1. The molecule has 3 N–H and O–H groups in total. The number of pyridine rings is 1. The van der Waals surface area contributed by atoms with Crippen LogP contribution in [0.5, 0.6) is 0 Å². The molecular weight excluding hydrogens is 501 g/mol. The molecule has 1 saturated heterocycles. The quantitative estimate of drug-likeness (QED) is 0.420. The van der Waals surface area contributed by atoms with E-state index in [0.29, 0.717) is 34.6 Å². The van der Waals surface area contributed by atoms with Gasteiger partial charge in [0, 0.05) is 24.9 Å². The summed E-state index contributed by atoms with van der Waals surface area (Å²) in [5, 5.41) is 6.62. The van der Waals surface area contributed by atoms with Gasteiger partial charge < -0.3 is 25.3 Å². The zero-order chi connectivity index (χ0) is 26.7. The van der Waals surface area contributed by atoms with Gasteiger partial charge in [-0.2, -0.15) is 0 Å². The second-order valence-electron chi connectivity index (χ2n) is 10.1. The van der Waals surface area contributed by atoms with Gasteiger partial charge in [-0.25, -0.2) is 14.2 Å². The van der Waals surface area contributed by atoms with Crippen molar-refractivity contribution in [1.82, 2.24) is 25.5 Å². The Balaban J connectivity index is 1.48. The van der Waals surface area contributed by atoms with Gasteiger partial charge in [-0.3, -0.25) is 9.59 Å². The van der Waals surface area contributed by atoms with Gasteiger partial charge in [-0.1, -0.05) is 23.7 Å². The molecule has 0 unspecified atom stereocenters. The average molecular weight is 530 g/mol. The van der Waals surface area contributed by atoms with Crippen LogP contribution in [0.1, 0.15) is 43.2 Å². The summed E-state index contributed by atoms with van der Waals surface area (Å²) in [6, 6.07) is 7.86. The highest BCUT2D eigenvalue weighted by molar-refractivity contribution is 6.30. The molecule has 1 aromatic carbocycles. The second-order valence-corrected chi connectivity index (χ2v) is 10.4. The van der Waals surface area contributed by atoms with Crippen molar-refractivity contribution in [1.29, 1.82) is 0 Å². The van der Waals surface area contributed by atoms with Crippen LogP contribution in [0, 0.1) is 5.82 Å². The van der Waals surface area contributed by atoms with Crippen LogP contribution < -0.4 is 10.6 Å². The van der Waals surface area contributed by atoms with Gasteiger partial charge in [0.05, 0.1) is 17.8 Å². The third-order valence-electron chi connectivity index (χ3n) is 5.89. The number of aromatic nitrogens is 2. The Morgan fingerprint density at radius 2 is 1.97 bits per heavy atom. The second kappa shape index (κ2) is 10.8. The number of ether oxygens (including phenoxy) is 1. The molecule has 0 saturated carbocycles. The van der Waals surface area contributed by atoms with Gasteiger partial charge in [-0.15, -0.1) is 0 Å². The van der Waals surface area contributed by atoms with Crippen molar-refractivity contribution >= 4 is 40.4 Å². The topological polar surface area (TPSA) is 116 Å². The fourth-order valence-electron chi connectivity index (χ4n) is 4.19. The zero-order valence-corrected chi connectivity index (χ0v) is 21.6.